The molecule has 2 aromatic rings. The zero-order valence-electron chi connectivity index (χ0n) is 11.9. The molecule has 20 heavy (non-hydrogen) atoms. The normalized spacial score (nSPS) is 12.7. The molecule has 1 unspecified atom stereocenters. The Balaban J connectivity index is 2.01. The van der Waals surface area contributed by atoms with Crippen molar-refractivity contribution in [3.05, 3.63) is 71.0 Å². The van der Waals surface area contributed by atoms with Crippen LogP contribution < -0.4 is 0 Å². The third-order valence-corrected chi connectivity index (χ3v) is 4.17. The van der Waals surface area contributed by atoms with E-state index < -0.39 is 0 Å². The van der Waals surface area contributed by atoms with E-state index in [9.17, 15) is 4.39 Å². The van der Waals surface area contributed by atoms with Gasteiger partial charge < -0.3 is 0 Å². The summed E-state index contributed by atoms with van der Waals surface area (Å²) in [7, 11) is 0. The van der Waals surface area contributed by atoms with Crippen molar-refractivity contribution in [2.75, 3.05) is 0 Å². The molecule has 0 radical (unpaired) electrons. The smallest absolute Gasteiger partial charge is 0.123 e. The fourth-order valence-electron chi connectivity index (χ4n) is 2.28. The lowest BCUT2D eigenvalue weighted by Crippen LogP contribution is -1.98. The lowest BCUT2D eigenvalue weighted by molar-refractivity contribution is 0.627. The monoisotopic (exact) mass is 334 g/mol. The molecule has 0 amide bonds. The van der Waals surface area contributed by atoms with Crippen molar-refractivity contribution in [2.45, 2.75) is 31.5 Å². The summed E-state index contributed by atoms with van der Waals surface area (Å²) in [6.07, 6.45) is 1.98. The molecule has 1 atom stereocenters. The molecule has 106 valence electrons. The summed E-state index contributed by atoms with van der Waals surface area (Å²) in [5.41, 5.74) is 3.78. The van der Waals surface area contributed by atoms with Crippen LogP contribution in [0.3, 0.4) is 0 Å². The number of benzene rings is 2. The van der Waals surface area contributed by atoms with Crippen molar-refractivity contribution in [1.82, 2.24) is 0 Å². The van der Waals surface area contributed by atoms with E-state index in [0.29, 0.717) is 5.92 Å². The number of halogens is 2. The van der Waals surface area contributed by atoms with Gasteiger partial charge in [-0.3, -0.25) is 0 Å². The van der Waals surface area contributed by atoms with E-state index in [4.69, 9.17) is 0 Å². The topological polar surface area (TPSA) is 0 Å². The maximum Gasteiger partial charge on any atom is 0.123 e. The molecule has 0 saturated carbocycles. The standard InChI is InChI=1S/C18H20BrF/c1-13(2)11-14-3-7-16(8-4-14)18(19)12-15-5-9-17(20)10-6-15/h3-10,13,18H,11-12H2,1-2H3. The largest absolute Gasteiger partial charge is 0.207 e. The molecule has 0 N–H and O–H groups in total. The molecule has 0 aliphatic carbocycles. The molecule has 0 saturated heterocycles. The summed E-state index contributed by atoms with van der Waals surface area (Å²) in [6, 6.07) is 15.5. The lowest BCUT2D eigenvalue weighted by atomic mass is 9.99. The highest BCUT2D eigenvalue weighted by Gasteiger charge is 2.09. The highest BCUT2D eigenvalue weighted by molar-refractivity contribution is 9.09. The number of rotatable bonds is 5. The predicted octanol–water partition coefficient (Wildman–Crippen LogP) is 5.70. The molecule has 0 nitrogen and oxygen atoms in total. The molecule has 0 aliphatic heterocycles. The molecule has 2 heteroatoms. The summed E-state index contributed by atoms with van der Waals surface area (Å²) in [5.74, 6) is 0.498. The van der Waals surface area contributed by atoms with Gasteiger partial charge in [0.15, 0.2) is 0 Å². The van der Waals surface area contributed by atoms with Crippen LogP contribution in [-0.4, -0.2) is 0 Å². The van der Waals surface area contributed by atoms with Gasteiger partial charge in [0, 0.05) is 4.83 Å². The van der Waals surface area contributed by atoms with Gasteiger partial charge in [0.1, 0.15) is 5.82 Å². The Hall–Kier alpha value is -1.15. The van der Waals surface area contributed by atoms with Gasteiger partial charge >= 0.3 is 0 Å². The van der Waals surface area contributed by atoms with E-state index in [-0.39, 0.29) is 10.6 Å². The molecule has 2 rings (SSSR count). The first-order valence-corrected chi connectivity index (χ1v) is 7.93. The lowest BCUT2D eigenvalue weighted by Gasteiger charge is -2.12. The first-order valence-electron chi connectivity index (χ1n) is 7.02. The van der Waals surface area contributed by atoms with Gasteiger partial charge in [0.2, 0.25) is 0 Å². The van der Waals surface area contributed by atoms with Crippen LogP contribution in [0.2, 0.25) is 0 Å². The molecule has 0 heterocycles. The van der Waals surface area contributed by atoms with Gasteiger partial charge in [-0.15, -0.1) is 0 Å². The first-order chi connectivity index (χ1) is 9.54. The van der Waals surface area contributed by atoms with Gasteiger partial charge in [-0.1, -0.05) is 66.2 Å². The van der Waals surface area contributed by atoms with E-state index in [1.807, 2.05) is 12.1 Å². The number of hydrogen-bond acceptors (Lipinski definition) is 0. The molecule has 2 aromatic carbocycles. The van der Waals surface area contributed by atoms with Crippen LogP contribution in [0.1, 0.15) is 35.4 Å². The van der Waals surface area contributed by atoms with Crippen LogP contribution in [0.25, 0.3) is 0 Å². The van der Waals surface area contributed by atoms with Crippen LogP contribution in [-0.2, 0) is 12.8 Å². The van der Waals surface area contributed by atoms with Gasteiger partial charge in [0.25, 0.3) is 0 Å². The van der Waals surface area contributed by atoms with Crippen molar-refractivity contribution < 1.29 is 4.39 Å². The summed E-state index contributed by atoms with van der Waals surface area (Å²) in [4.78, 5) is 0.265. The third kappa shape index (κ3) is 4.45. The quantitative estimate of drug-likeness (QED) is 0.615. The van der Waals surface area contributed by atoms with Gasteiger partial charge in [-0.2, -0.15) is 0 Å². The van der Waals surface area contributed by atoms with Crippen molar-refractivity contribution in [3.63, 3.8) is 0 Å². The summed E-state index contributed by atoms with van der Waals surface area (Å²) >= 11 is 3.72. The zero-order valence-corrected chi connectivity index (χ0v) is 13.5. The number of hydrogen-bond donors (Lipinski definition) is 0. The van der Waals surface area contributed by atoms with E-state index in [1.165, 1.54) is 23.3 Å². The Morgan fingerprint density at radius 3 is 1.90 bits per heavy atom. The van der Waals surface area contributed by atoms with Crippen LogP contribution in [0.15, 0.2) is 48.5 Å². The van der Waals surface area contributed by atoms with E-state index in [2.05, 4.69) is 54.0 Å². The molecule has 0 fully saturated rings. The van der Waals surface area contributed by atoms with Gasteiger partial charge in [0.05, 0.1) is 0 Å². The average Bonchev–Trinajstić information content (AvgIpc) is 2.41. The van der Waals surface area contributed by atoms with Crippen molar-refractivity contribution in [2.24, 2.45) is 5.92 Å². The fraction of sp³-hybridized carbons (Fsp3) is 0.333. The Kier molecular flexibility index (Phi) is 5.36. The minimum atomic E-state index is -0.182. The summed E-state index contributed by atoms with van der Waals surface area (Å²) < 4.78 is 12.9. The Morgan fingerprint density at radius 2 is 1.35 bits per heavy atom. The van der Waals surface area contributed by atoms with Gasteiger partial charge in [-0.25, -0.2) is 4.39 Å². The molecular weight excluding hydrogens is 315 g/mol. The predicted molar refractivity (Wildman–Crippen MR) is 86.8 cm³/mol. The van der Waals surface area contributed by atoms with Crippen molar-refractivity contribution in [1.29, 1.82) is 0 Å². The third-order valence-electron chi connectivity index (χ3n) is 3.31. The minimum Gasteiger partial charge on any atom is -0.207 e. The molecule has 0 bridgehead atoms. The highest BCUT2D eigenvalue weighted by Crippen LogP contribution is 2.27. The second-order valence-corrected chi connectivity index (χ2v) is 6.74. The second kappa shape index (κ2) is 7.03. The van der Waals surface area contributed by atoms with Crippen LogP contribution >= 0.6 is 15.9 Å². The van der Waals surface area contributed by atoms with E-state index in [0.717, 1.165) is 18.4 Å². The maximum absolute atomic E-state index is 12.9. The average molecular weight is 335 g/mol. The molecule has 0 spiro atoms. The van der Waals surface area contributed by atoms with Crippen LogP contribution in [0, 0.1) is 11.7 Å². The van der Waals surface area contributed by atoms with Crippen molar-refractivity contribution in [3.8, 4) is 0 Å². The Labute approximate surface area is 129 Å². The number of alkyl halides is 1. The van der Waals surface area contributed by atoms with E-state index in [1.54, 1.807) is 0 Å². The van der Waals surface area contributed by atoms with Crippen molar-refractivity contribution >= 4 is 15.9 Å². The molecular formula is C18H20BrF. The first kappa shape index (κ1) is 15.2. The molecule has 0 aliphatic rings. The van der Waals surface area contributed by atoms with Crippen LogP contribution in [0.4, 0.5) is 4.39 Å². The Bertz CT molecular complexity index is 528. The second-order valence-electron chi connectivity index (χ2n) is 5.64. The minimum absolute atomic E-state index is 0.182. The summed E-state index contributed by atoms with van der Waals surface area (Å²) in [6.45, 7) is 4.46. The summed E-state index contributed by atoms with van der Waals surface area (Å²) in [5, 5.41) is 0. The zero-order chi connectivity index (χ0) is 14.5. The van der Waals surface area contributed by atoms with Gasteiger partial charge in [-0.05, 0) is 47.6 Å². The van der Waals surface area contributed by atoms with E-state index >= 15 is 0 Å². The highest BCUT2D eigenvalue weighted by atomic mass is 79.9. The SMILES string of the molecule is CC(C)Cc1ccc(C(Br)Cc2ccc(F)cc2)cc1. The fourth-order valence-corrected chi connectivity index (χ4v) is 2.96. The van der Waals surface area contributed by atoms with Crippen LogP contribution in [0.5, 0.6) is 0 Å². The maximum atomic E-state index is 12.9. The molecule has 0 aromatic heterocycles. The Morgan fingerprint density at radius 1 is 0.850 bits per heavy atom.